The van der Waals surface area contributed by atoms with E-state index < -0.39 is 0 Å². The first kappa shape index (κ1) is 6.91. The van der Waals surface area contributed by atoms with E-state index in [1.165, 1.54) is 6.20 Å². The molecule has 0 N–H and O–H groups in total. The van der Waals surface area contributed by atoms with Crippen molar-refractivity contribution in [2.75, 3.05) is 0 Å². The molecule has 0 fully saturated rings. The third kappa shape index (κ3) is 0.955. The predicted molar refractivity (Wildman–Crippen MR) is 44.3 cm³/mol. The van der Waals surface area contributed by atoms with Crippen LogP contribution in [0.3, 0.4) is 0 Å². The maximum Gasteiger partial charge on any atom is 0.237 e. The van der Waals surface area contributed by atoms with E-state index in [2.05, 4.69) is 9.97 Å². The predicted octanol–water partition coefficient (Wildman–Crippen LogP) is 1.09. The van der Waals surface area contributed by atoms with E-state index in [1.54, 1.807) is 24.7 Å². The summed E-state index contributed by atoms with van der Waals surface area (Å²) in [5, 5.41) is 0.860. The summed E-state index contributed by atoms with van der Waals surface area (Å²) < 4.78 is 0. The number of pyridine rings is 2. The van der Waals surface area contributed by atoms with Gasteiger partial charge in [-0.25, -0.2) is 0 Å². The highest BCUT2D eigenvalue weighted by molar-refractivity contribution is 5.94. The quantitative estimate of drug-likeness (QED) is 0.622. The summed E-state index contributed by atoms with van der Waals surface area (Å²) in [6, 6.07) is 3.66. The van der Waals surface area contributed by atoms with Gasteiger partial charge in [-0.1, -0.05) is 0 Å². The molecule has 12 heavy (non-hydrogen) atoms. The van der Waals surface area contributed by atoms with Gasteiger partial charge in [0.15, 0.2) is 0 Å². The van der Waals surface area contributed by atoms with Crippen LogP contribution in [-0.4, -0.2) is 16.3 Å². The van der Waals surface area contributed by atoms with Crippen LogP contribution in [0.25, 0.3) is 10.9 Å². The molecule has 0 saturated carbocycles. The Balaban J connectivity index is 2.88. The number of rotatable bonds is 1. The maximum absolute atomic E-state index is 10.4. The van der Waals surface area contributed by atoms with Gasteiger partial charge in [0.25, 0.3) is 0 Å². The lowest BCUT2D eigenvalue weighted by Crippen LogP contribution is -1.88. The number of nitrogens with zero attached hydrogens (tertiary/aromatic N) is 2. The van der Waals surface area contributed by atoms with Gasteiger partial charge in [-0.15, -0.1) is 0 Å². The van der Waals surface area contributed by atoms with Crippen LogP contribution in [0, 0.1) is 0 Å². The van der Waals surface area contributed by atoms with Crippen LogP contribution in [0.4, 0.5) is 0 Å². The molecule has 0 amide bonds. The van der Waals surface area contributed by atoms with Crippen molar-refractivity contribution in [2.24, 2.45) is 0 Å². The third-order valence-electron chi connectivity index (χ3n) is 1.62. The van der Waals surface area contributed by atoms with Crippen molar-refractivity contribution in [3.63, 3.8) is 0 Å². The van der Waals surface area contributed by atoms with Gasteiger partial charge in [0.2, 0.25) is 6.29 Å². The molecule has 0 aromatic carbocycles. The van der Waals surface area contributed by atoms with Crippen LogP contribution >= 0.6 is 0 Å². The molecular formula is C9H5N2O. The van der Waals surface area contributed by atoms with Crippen LogP contribution in [0.1, 0.15) is 5.56 Å². The molecule has 3 heteroatoms. The first-order valence-corrected chi connectivity index (χ1v) is 3.49. The second-order valence-electron chi connectivity index (χ2n) is 2.36. The lowest BCUT2D eigenvalue weighted by molar-refractivity contribution is 0.563. The summed E-state index contributed by atoms with van der Waals surface area (Å²) in [5.41, 5.74) is 1.07. The number of fused-ring (bicyclic) bond motifs is 1. The number of hydrogen-bond donors (Lipinski definition) is 0. The molecule has 0 atom stereocenters. The number of carbonyl (C=O) groups excluding carboxylic acids is 1. The Morgan fingerprint density at radius 1 is 1.33 bits per heavy atom. The van der Waals surface area contributed by atoms with Gasteiger partial charge in [-0.2, -0.15) is 0 Å². The van der Waals surface area contributed by atoms with Crippen molar-refractivity contribution in [1.82, 2.24) is 9.97 Å². The minimum atomic E-state index is 0.410. The van der Waals surface area contributed by atoms with E-state index in [4.69, 9.17) is 0 Å². The van der Waals surface area contributed by atoms with Gasteiger partial charge in [-0.3, -0.25) is 14.8 Å². The molecule has 1 radical (unpaired) electrons. The van der Waals surface area contributed by atoms with E-state index in [1.807, 2.05) is 6.07 Å². The molecule has 2 aromatic heterocycles. The Morgan fingerprint density at radius 2 is 2.25 bits per heavy atom. The van der Waals surface area contributed by atoms with E-state index in [0.29, 0.717) is 11.1 Å². The average Bonchev–Trinajstić information content (AvgIpc) is 2.17. The summed E-state index contributed by atoms with van der Waals surface area (Å²) in [7, 11) is 0. The monoisotopic (exact) mass is 157 g/mol. The van der Waals surface area contributed by atoms with Crippen molar-refractivity contribution >= 4 is 17.2 Å². The molecule has 2 aromatic rings. The van der Waals surface area contributed by atoms with Gasteiger partial charge >= 0.3 is 0 Å². The topological polar surface area (TPSA) is 42.9 Å². The summed E-state index contributed by atoms with van der Waals surface area (Å²) in [6.45, 7) is 0. The van der Waals surface area contributed by atoms with E-state index >= 15 is 0 Å². The van der Waals surface area contributed by atoms with Crippen LogP contribution < -0.4 is 0 Å². The molecule has 57 valence electrons. The van der Waals surface area contributed by atoms with Gasteiger partial charge in [0, 0.05) is 24.0 Å². The molecule has 0 saturated heterocycles. The third-order valence-corrected chi connectivity index (χ3v) is 1.62. The van der Waals surface area contributed by atoms with Gasteiger partial charge in [0.1, 0.15) is 0 Å². The molecule has 0 bridgehead atoms. The zero-order chi connectivity index (χ0) is 8.39. The smallest absolute Gasteiger partial charge is 0.237 e. The van der Waals surface area contributed by atoms with Crippen LogP contribution in [-0.2, 0) is 4.79 Å². The molecule has 0 spiro atoms. The van der Waals surface area contributed by atoms with E-state index in [-0.39, 0.29) is 0 Å². The molecule has 0 unspecified atom stereocenters. The van der Waals surface area contributed by atoms with Crippen molar-refractivity contribution < 1.29 is 4.79 Å². The van der Waals surface area contributed by atoms with Crippen molar-refractivity contribution in [2.45, 2.75) is 0 Å². The number of hydrogen-bond acceptors (Lipinski definition) is 3. The Bertz CT molecular complexity index is 420. The minimum absolute atomic E-state index is 0.410. The highest BCUT2D eigenvalue weighted by Crippen LogP contribution is 2.11. The van der Waals surface area contributed by atoms with Crippen molar-refractivity contribution in [3.8, 4) is 0 Å². The lowest BCUT2D eigenvalue weighted by Gasteiger charge is -1.95. The standard InChI is InChI=1S/C9H5N2O/c12-6-8-5-10-4-7-2-1-3-11-9(7)8/h1-5H. The zero-order valence-corrected chi connectivity index (χ0v) is 6.19. The van der Waals surface area contributed by atoms with Crippen LogP contribution in [0.5, 0.6) is 0 Å². The fraction of sp³-hybridized carbons (Fsp3) is 0. The molecule has 2 heterocycles. The molecule has 0 aliphatic carbocycles. The van der Waals surface area contributed by atoms with Gasteiger partial charge in [-0.05, 0) is 12.1 Å². The summed E-state index contributed by atoms with van der Waals surface area (Å²) in [4.78, 5) is 18.3. The van der Waals surface area contributed by atoms with Crippen LogP contribution in [0.2, 0.25) is 0 Å². The minimum Gasteiger partial charge on any atom is -0.285 e. The van der Waals surface area contributed by atoms with E-state index in [9.17, 15) is 4.79 Å². The first-order valence-electron chi connectivity index (χ1n) is 3.49. The normalized spacial score (nSPS) is 10.0. The fourth-order valence-electron chi connectivity index (χ4n) is 1.07. The molecule has 0 aliphatic rings. The Morgan fingerprint density at radius 3 is 3.08 bits per heavy atom. The first-order chi connectivity index (χ1) is 5.92. The molecular weight excluding hydrogens is 152 g/mol. The second-order valence-corrected chi connectivity index (χ2v) is 2.36. The molecule has 0 aliphatic heterocycles. The highest BCUT2D eigenvalue weighted by atomic mass is 16.1. The SMILES string of the molecule is O=[C]c1cncc2cccnc12. The van der Waals surface area contributed by atoms with Crippen molar-refractivity contribution in [1.29, 1.82) is 0 Å². The summed E-state index contributed by atoms with van der Waals surface area (Å²) >= 11 is 0. The van der Waals surface area contributed by atoms with Crippen LogP contribution in [0.15, 0.2) is 30.7 Å². The second kappa shape index (κ2) is 2.70. The Kier molecular flexibility index (Phi) is 1.55. The van der Waals surface area contributed by atoms with Crippen molar-refractivity contribution in [3.05, 3.63) is 36.3 Å². The fourth-order valence-corrected chi connectivity index (χ4v) is 1.07. The maximum atomic E-state index is 10.4. The van der Waals surface area contributed by atoms with Gasteiger partial charge in [0.05, 0.1) is 11.1 Å². The summed E-state index contributed by atoms with van der Waals surface area (Å²) in [5.74, 6) is 0. The largest absolute Gasteiger partial charge is 0.285 e. The van der Waals surface area contributed by atoms with E-state index in [0.717, 1.165) is 5.39 Å². The average molecular weight is 157 g/mol. The zero-order valence-electron chi connectivity index (χ0n) is 6.19. The summed E-state index contributed by atoms with van der Waals surface area (Å²) in [6.07, 6.45) is 6.57. The lowest BCUT2D eigenvalue weighted by atomic mass is 10.2. The highest BCUT2D eigenvalue weighted by Gasteiger charge is 2.00. The number of aromatic nitrogens is 2. The Labute approximate surface area is 69.1 Å². The molecule has 3 nitrogen and oxygen atoms in total. The molecule has 2 rings (SSSR count). The van der Waals surface area contributed by atoms with Gasteiger partial charge < -0.3 is 0 Å². The Hall–Kier alpha value is -1.77.